The molecule has 0 aliphatic rings. The number of hydrogen-bond donors (Lipinski definition) is 2. The summed E-state index contributed by atoms with van der Waals surface area (Å²) in [6.07, 6.45) is 0. The van der Waals surface area contributed by atoms with Crippen LogP contribution in [-0.2, 0) is 0 Å². The van der Waals surface area contributed by atoms with Crippen molar-refractivity contribution in [1.29, 1.82) is 0 Å². The van der Waals surface area contributed by atoms with Crippen LogP contribution in [0.4, 0.5) is 0 Å². The summed E-state index contributed by atoms with van der Waals surface area (Å²) < 4.78 is 5.14. The van der Waals surface area contributed by atoms with Gasteiger partial charge in [-0.25, -0.2) is 0 Å². The van der Waals surface area contributed by atoms with Gasteiger partial charge in [0.2, 0.25) is 5.82 Å². The van der Waals surface area contributed by atoms with Gasteiger partial charge in [0.05, 0.1) is 0 Å². The van der Waals surface area contributed by atoms with E-state index in [-0.39, 0.29) is 23.0 Å². The number of aromatic nitrogens is 2. The number of phenolic OH excluding ortho intramolecular Hbond substituents is 2. The molecule has 5 heteroatoms. The van der Waals surface area contributed by atoms with Crippen LogP contribution >= 0.6 is 0 Å². The Kier molecular flexibility index (Phi) is 2.87. The number of nitrogens with zero attached hydrogens (tertiary/aromatic N) is 2. The molecule has 0 atom stereocenters. The van der Waals surface area contributed by atoms with Gasteiger partial charge in [0.15, 0.2) is 0 Å². The van der Waals surface area contributed by atoms with Crippen LogP contribution in [0, 0.1) is 6.92 Å². The van der Waals surface area contributed by atoms with E-state index < -0.39 is 0 Å². The molecule has 0 radical (unpaired) electrons. The molecular formula is C15H12N2O3. The van der Waals surface area contributed by atoms with E-state index in [1.807, 2.05) is 31.2 Å². The molecule has 0 fully saturated rings. The van der Waals surface area contributed by atoms with Crippen LogP contribution in [-0.4, -0.2) is 20.4 Å². The predicted molar refractivity (Wildman–Crippen MR) is 73.2 cm³/mol. The minimum Gasteiger partial charge on any atom is -0.507 e. The third kappa shape index (κ3) is 1.99. The van der Waals surface area contributed by atoms with Crippen LogP contribution in [0.25, 0.3) is 22.8 Å². The standard InChI is InChI=1S/C15H12N2O3/c1-9-5-2-3-6-10(9)14-16-15(20-17-14)13-11(18)7-4-8-12(13)19/h2-8,18-19H,1H3. The maximum absolute atomic E-state index is 9.79. The summed E-state index contributed by atoms with van der Waals surface area (Å²) in [4.78, 5) is 4.24. The van der Waals surface area contributed by atoms with Gasteiger partial charge >= 0.3 is 0 Å². The third-order valence-electron chi connectivity index (χ3n) is 3.05. The maximum atomic E-state index is 9.79. The number of rotatable bonds is 2. The summed E-state index contributed by atoms with van der Waals surface area (Å²) in [6.45, 7) is 1.95. The van der Waals surface area contributed by atoms with Crippen molar-refractivity contribution in [2.75, 3.05) is 0 Å². The third-order valence-corrected chi connectivity index (χ3v) is 3.05. The molecule has 0 saturated heterocycles. The van der Waals surface area contributed by atoms with Gasteiger partial charge in [-0.3, -0.25) is 0 Å². The SMILES string of the molecule is Cc1ccccc1-c1noc(-c2c(O)cccc2O)n1. The molecule has 0 unspecified atom stereocenters. The molecule has 0 aliphatic carbocycles. The van der Waals surface area contributed by atoms with E-state index in [1.54, 1.807) is 0 Å². The summed E-state index contributed by atoms with van der Waals surface area (Å²) in [7, 11) is 0. The summed E-state index contributed by atoms with van der Waals surface area (Å²) in [5.41, 5.74) is 2.00. The highest BCUT2D eigenvalue weighted by atomic mass is 16.5. The Labute approximate surface area is 115 Å². The number of aromatic hydroxyl groups is 2. The van der Waals surface area contributed by atoms with Crippen molar-refractivity contribution in [3.05, 3.63) is 48.0 Å². The second-order valence-corrected chi connectivity index (χ2v) is 4.41. The monoisotopic (exact) mass is 268 g/mol. The molecule has 1 heterocycles. The van der Waals surface area contributed by atoms with Gasteiger partial charge in [0.25, 0.3) is 5.89 Å². The molecule has 2 aromatic carbocycles. The molecule has 5 nitrogen and oxygen atoms in total. The normalized spacial score (nSPS) is 10.7. The zero-order chi connectivity index (χ0) is 14.1. The highest BCUT2D eigenvalue weighted by Crippen LogP contribution is 2.36. The predicted octanol–water partition coefficient (Wildman–Crippen LogP) is 3.12. The summed E-state index contributed by atoms with van der Waals surface area (Å²) >= 11 is 0. The van der Waals surface area contributed by atoms with Gasteiger partial charge in [0, 0.05) is 5.56 Å². The Balaban J connectivity index is 2.10. The number of hydrogen-bond acceptors (Lipinski definition) is 5. The van der Waals surface area contributed by atoms with E-state index in [1.165, 1.54) is 18.2 Å². The summed E-state index contributed by atoms with van der Waals surface area (Å²) in [5, 5.41) is 23.5. The molecule has 0 spiro atoms. The minimum absolute atomic E-state index is 0.0823. The topological polar surface area (TPSA) is 79.4 Å². The van der Waals surface area contributed by atoms with Gasteiger partial charge in [-0.05, 0) is 24.6 Å². The number of aryl methyl sites for hydroxylation is 1. The fourth-order valence-electron chi connectivity index (χ4n) is 2.01. The Morgan fingerprint density at radius 2 is 1.65 bits per heavy atom. The molecule has 0 saturated carbocycles. The molecule has 2 N–H and O–H groups in total. The second-order valence-electron chi connectivity index (χ2n) is 4.41. The average Bonchev–Trinajstić information content (AvgIpc) is 2.88. The van der Waals surface area contributed by atoms with Crippen molar-refractivity contribution in [1.82, 2.24) is 10.1 Å². The van der Waals surface area contributed by atoms with Crippen LogP contribution in [0.5, 0.6) is 11.5 Å². The fourth-order valence-corrected chi connectivity index (χ4v) is 2.01. The summed E-state index contributed by atoms with van der Waals surface area (Å²) in [6, 6.07) is 12.1. The van der Waals surface area contributed by atoms with E-state index in [0.29, 0.717) is 5.82 Å². The average molecular weight is 268 g/mol. The molecule has 0 aliphatic heterocycles. The molecule has 100 valence electrons. The van der Waals surface area contributed by atoms with Crippen molar-refractivity contribution in [3.8, 4) is 34.3 Å². The molecule has 3 rings (SSSR count). The summed E-state index contributed by atoms with van der Waals surface area (Å²) in [5.74, 6) is 0.287. The van der Waals surface area contributed by atoms with Crippen LogP contribution in [0.1, 0.15) is 5.56 Å². The molecule has 1 aromatic heterocycles. The Morgan fingerprint density at radius 1 is 0.950 bits per heavy atom. The lowest BCUT2D eigenvalue weighted by Crippen LogP contribution is -1.85. The van der Waals surface area contributed by atoms with Gasteiger partial charge in [-0.2, -0.15) is 4.98 Å². The molecule has 20 heavy (non-hydrogen) atoms. The van der Waals surface area contributed by atoms with Crippen molar-refractivity contribution in [2.24, 2.45) is 0 Å². The van der Waals surface area contributed by atoms with E-state index in [0.717, 1.165) is 11.1 Å². The Bertz CT molecular complexity index is 745. The minimum atomic E-state index is -0.106. The Morgan fingerprint density at radius 3 is 2.35 bits per heavy atom. The highest BCUT2D eigenvalue weighted by Gasteiger charge is 2.18. The van der Waals surface area contributed by atoms with Crippen molar-refractivity contribution < 1.29 is 14.7 Å². The largest absolute Gasteiger partial charge is 0.507 e. The van der Waals surface area contributed by atoms with Gasteiger partial charge in [-0.1, -0.05) is 35.5 Å². The zero-order valence-corrected chi connectivity index (χ0v) is 10.7. The first-order valence-electron chi connectivity index (χ1n) is 6.08. The first-order valence-corrected chi connectivity index (χ1v) is 6.08. The van der Waals surface area contributed by atoms with Crippen molar-refractivity contribution in [3.63, 3.8) is 0 Å². The van der Waals surface area contributed by atoms with Crippen LogP contribution in [0.15, 0.2) is 47.0 Å². The van der Waals surface area contributed by atoms with E-state index >= 15 is 0 Å². The quantitative estimate of drug-likeness (QED) is 0.746. The number of benzene rings is 2. The van der Waals surface area contributed by atoms with E-state index in [2.05, 4.69) is 10.1 Å². The maximum Gasteiger partial charge on any atom is 0.265 e. The van der Waals surface area contributed by atoms with Crippen LogP contribution in [0.3, 0.4) is 0 Å². The molecule has 0 amide bonds. The van der Waals surface area contributed by atoms with Gasteiger partial charge in [0.1, 0.15) is 17.1 Å². The molecular weight excluding hydrogens is 256 g/mol. The first kappa shape index (κ1) is 12.2. The molecule has 0 bridgehead atoms. The molecule has 3 aromatic rings. The fraction of sp³-hybridized carbons (Fsp3) is 0.0667. The van der Waals surface area contributed by atoms with Crippen molar-refractivity contribution >= 4 is 0 Å². The lowest BCUT2D eigenvalue weighted by Gasteiger charge is -2.01. The second kappa shape index (κ2) is 4.70. The lowest BCUT2D eigenvalue weighted by atomic mass is 10.1. The van der Waals surface area contributed by atoms with Crippen LogP contribution in [0.2, 0.25) is 0 Å². The van der Waals surface area contributed by atoms with E-state index in [4.69, 9.17) is 4.52 Å². The Hall–Kier alpha value is -2.82. The first-order chi connectivity index (χ1) is 9.66. The number of phenols is 2. The highest BCUT2D eigenvalue weighted by molar-refractivity contribution is 5.71. The van der Waals surface area contributed by atoms with Gasteiger partial charge < -0.3 is 14.7 Å². The smallest absolute Gasteiger partial charge is 0.265 e. The van der Waals surface area contributed by atoms with E-state index in [9.17, 15) is 10.2 Å². The lowest BCUT2D eigenvalue weighted by molar-refractivity contribution is 0.416. The van der Waals surface area contributed by atoms with Gasteiger partial charge in [-0.15, -0.1) is 0 Å². The van der Waals surface area contributed by atoms with Crippen LogP contribution < -0.4 is 0 Å². The zero-order valence-electron chi connectivity index (χ0n) is 10.7. The van der Waals surface area contributed by atoms with Crippen molar-refractivity contribution in [2.45, 2.75) is 6.92 Å².